The van der Waals surface area contributed by atoms with E-state index in [0.29, 0.717) is 11.7 Å². The van der Waals surface area contributed by atoms with E-state index in [0.717, 1.165) is 31.0 Å². The van der Waals surface area contributed by atoms with Crippen LogP contribution in [0.2, 0.25) is 5.15 Å². The molecule has 0 radical (unpaired) electrons. The van der Waals surface area contributed by atoms with Gasteiger partial charge in [0.15, 0.2) is 5.96 Å². The molecule has 148 valence electrons. The Morgan fingerprint density at radius 1 is 1.15 bits per heavy atom. The van der Waals surface area contributed by atoms with Crippen molar-refractivity contribution in [2.45, 2.75) is 19.4 Å². The molecular formula is C20H29ClIN5. The molecule has 0 amide bonds. The number of hydrogen-bond acceptors (Lipinski definition) is 3. The number of likely N-dealkylation sites (N-methyl/N-ethyl adjacent to an activating group) is 1. The SMILES string of the molecule is CCNC(=NCC(c1ccccc1)N(C)C)NCCc1ccc(Cl)nc1.I. The van der Waals surface area contributed by atoms with Crippen molar-refractivity contribution in [3.8, 4) is 0 Å². The molecule has 0 spiro atoms. The van der Waals surface area contributed by atoms with E-state index in [9.17, 15) is 0 Å². The molecule has 0 fully saturated rings. The molecule has 5 nitrogen and oxygen atoms in total. The Morgan fingerprint density at radius 2 is 1.89 bits per heavy atom. The first kappa shape index (κ1) is 23.7. The zero-order valence-electron chi connectivity index (χ0n) is 16.2. The number of aliphatic imine (C=N–C) groups is 1. The maximum Gasteiger partial charge on any atom is 0.191 e. The maximum atomic E-state index is 5.82. The second kappa shape index (κ2) is 12.9. The van der Waals surface area contributed by atoms with Gasteiger partial charge in [0.2, 0.25) is 0 Å². The zero-order valence-corrected chi connectivity index (χ0v) is 19.2. The summed E-state index contributed by atoms with van der Waals surface area (Å²) in [5, 5.41) is 7.22. The standard InChI is InChI=1S/C20H28ClN5.HI/c1-4-22-20(23-13-12-16-10-11-19(21)24-14-16)25-15-18(26(2)3)17-8-6-5-7-9-17;/h5-11,14,18H,4,12-13,15H2,1-3H3,(H2,22,23,25);1H. The van der Waals surface area contributed by atoms with E-state index in [2.05, 4.69) is 65.8 Å². The second-order valence-electron chi connectivity index (χ2n) is 6.28. The normalized spacial score (nSPS) is 12.4. The third-order valence-corrected chi connectivity index (χ3v) is 4.29. The Morgan fingerprint density at radius 3 is 2.48 bits per heavy atom. The lowest BCUT2D eigenvalue weighted by molar-refractivity contribution is 0.306. The number of nitrogens with zero attached hydrogens (tertiary/aromatic N) is 3. The summed E-state index contributed by atoms with van der Waals surface area (Å²) in [7, 11) is 4.17. The molecule has 0 saturated carbocycles. The molecule has 0 aliphatic heterocycles. The summed E-state index contributed by atoms with van der Waals surface area (Å²) in [4.78, 5) is 11.1. The van der Waals surface area contributed by atoms with Crippen LogP contribution in [0.4, 0.5) is 0 Å². The minimum absolute atomic E-state index is 0. The molecule has 2 aromatic rings. The molecule has 2 N–H and O–H groups in total. The zero-order chi connectivity index (χ0) is 18.8. The Bertz CT molecular complexity index is 677. The summed E-state index contributed by atoms with van der Waals surface area (Å²) >= 11 is 5.82. The smallest absolute Gasteiger partial charge is 0.191 e. The van der Waals surface area contributed by atoms with E-state index in [1.165, 1.54) is 5.56 Å². The second-order valence-corrected chi connectivity index (χ2v) is 6.66. The first-order valence-corrected chi connectivity index (χ1v) is 9.32. The summed E-state index contributed by atoms with van der Waals surface area (Å²) in [5.74, 6) is 0.831. The first-order chi connectivity index (χ1) is 12.6. The van der Waals surface area contributed by atoms with Gasteiger partial charge in [0, 0.05) is 19.3 Å². The molecule has 1 heterocycles. The van der Waals surface area contributed by atoms with Crippen molar-refractivity contribution in [2.24, 2.45) is 4.99 Å². The van der Waals surface area contributed by atoms with Crippen LogP contribution in [-0.4, -0.2) is 49.6 Å². The van der Waals surface area contributed by atoms with E-state index in [4.69, 9.17) is 16.6 Å². The quantitative estimate of drug-likeness (QED) is 0.250. The summed E-state index contributed by atoms with van der Waals surface area (Å²) in [6.07, 6.45) is 2.68. The van der Waals surface area contributed by atoms with Crippen molar-refractivity contribution in [2.75, 3.05) is 33.7 Å². The Hall–Kier alpha value is -1.38. The van der Waals surface area contributed by atoms with E-state index in [-0.39, 0.29) is 30.0 Å². The van der Waals surface area contributed by atoms with Gasteiger partial charge in [0.25, 0.3) is 0 Å². The summed E-state index contributed by atoms with van der Waals surface area (Å²) < 4.78 is 0. The molecule has 27 heavy (non-hydrogen) atoms. The van der Waals surface area contributed by atoms with Crippen molar-refractivity contribution in [1.29, 1.82) is 0 Å². The van der Waals surface area contributed by atoms with Gasteiger partial charge < -0.3 is 15.5 Å². The Labute approximate surface area is 184 Å². The molecule has 1 unspecified atom stereocenters. The number of halogens is 2. The number of guanidine groups is 1. The first-order valence-electron chi connectivity index (χ1n) is 8.94. The average Bonchev–Trinajstić information content (AvgIpc) is 2.64. The lowest BCUT2D eigenvalue weighted by Gasteiger charge is -2.23. The number of hydrogen-bond donors (Lipinski definition) is 2. The van der Waals surface area contributed by atoms with Gasteiger partial charge in [0.05, 0.1) is 12.6 Å². The van der Waals surface area contributed by atoms with Crippen molar-refractivity contribution >= 4 is 41.5 Å². The Kier molecular flexibility index (Phi) is 11.3. The van der Waals surface area contributed by atoms with E-state index < -0.39 is 0 Å². The lowest BCUT2D eigenvalue weighted by Crippen LogP contribution is -2.39. The van der Waals surface area contributed by atoms with Crippen LogP contribution in [0.5, 0.6) is 0 Å². The number of aromatic nitrogens is 1. The van der Waals surface area contributed by atoms with E-state index >= 15 is 0 Å². The minimum atomic E-state index is 0. The van der Waals surface area contributed by atoms with Crippen LogP contribution in [0.1, 0.15) is 24.1 Å². The molecule has 0 aliphatic rings. The van der Waals surface area contributed by atoms with Gasteiger partial charge in [-0.05, 0) is 44.6 Å². The fraction of sp³-hybridized carbons (Fsp3) is 0.400. The predicted octanol–water partition coefficient (Wildman–Crippen LogP) is 3.75. The van der Waals surface area contributed by atoms with E-state index in [1.54, 1.807) is 0 Å². The van der Waals surface area contributed by atoms with Crippen LogP contribution in [0.15, 0.2) is 53.7 Å². The third-order valence-electron chi connectivity index (χ3n) is 4.07. The molecule has 0 bridgehead atoms. The van der Waals surface area contributed by atoms with Crippen molar-refractivity contribution in [1.82, 2.24) is 20.5 Å². The van der Waals surface area contributed by atoms with Gasteiger partial charge in [-0.15, -0.1) is 24.0 Å². The number of benzene rings is 1. The average molecular weight is 502 g/mol. The molecule has 2 rings (SSSR count). The fourth-order valence-electron chi connectivity index (χ4n) is 2.64. The summed E-state index contributed by atoms with van der Waals surface area (Å²) in [5.41, 5.74) is 2.41. The van der Waals surface area contributed by atoms with Crippen LogP contribution >= 0.6 is 35.6 Å². The topological polar surface area (TPSA) is 52.6 Å². The van der Waals surface area contributed by atoms with Crippen molar-refractivity contribution < 1.29 is 0 Å². The monoisotopic (exact) mass is 501 g/mol. The van der Waals surface area contributed by atoms with Crippen molar-refractivity contribution in [3.63, 3.8) is 0 Å². The summed E-state index contributed by atoms with van der Waals surface area (Å²) in [6, 6.07) is 14.5. The van der Waals surface area contributed by atoms with Gasteiger partial charge in [-0.2, -0.15) is 0 Å². The van der Waals surface area contributed by atoms with Gasteiger partial charge in [0.1, 0.15) is 5.15 Å². The lowest BCUT2D eigenvalue weighted by atomic mass is 10.1. The van der Waals surface area contributed by atoms with Crippen LogP contribution in [0.3, 0.4) is 0 Å². The highest BCUT2D eigenvalue weighted by Crippen LogP contribution is 2.17. The predicted molar refractivity (Wildman–Crippen MR) is 125 cm³/mol. The largest absolute Gasteiger partial charge is 0.357 e. The highest BCUT2D eigenvalue weighted by Gasteiger charge is 2.13. The third kappa shape index (κ3) is 8.45. The van der Waals surface area contributed by atoms with Crippen molar-refractivity contribution in [3.05, 3.63) is 64.9 Å². The minimum Gasteiger partial charge on any atom is -0.357 e. The van der Waals surface area contributed by atoms with Gasteiger partial charge in [-0.25, -0.2) is 4.98 Å². The molecule has 1 aromatic heterocycles. The van der Waals surface area contributed by atoms with Gasteiger partial charge in [-0.1, -0.05) is 48.0 Å². The van der Waals surface area contributed by atoms with Crippen LogP contribution in [-0.2, 0) is 6.42 Å². The highest BCUT2D eigenvalue weighted by atomic mass is 127. The number of pyridine rings is 1. The molecule has 0 saturated heterocycles. The highest BCUT2D eigenvalue weighted by molar-refractivity contribution is 14.0. The van der Waals surface area contributed by atoms with E-state index in [1.807, 2.05) is 24.4 Å². The molecule has 1 atom stereocenters. The van der Waals surface area contributed by atoms with Gasteiger partial charge >= 0.3 is 0 Å². The number of nitrogens with one attached hydrogen (secondary N) is 2. The maximum absolute atomic E-state index is 5.82. The molecular weight excluding hydrogens is 473 g/mol. The number of rotatable bonds is 8. The Balaban J connectivity index is 0.00000364. The summed E-state index contributed by atoms with van der Waals surface area (Å²) in [6.45, 7) is 4.37. The van der Waals surface area contributed by atoms with Crippen LogP contribution < -0.4 is 10.6 Å². The fourth-order valence-corrected chi connectivity index (χ4v) is 2.75. The molecule has 7 heteroatoms. The molecule has 0 aliphatic carbocycles. The van der Waals surface area contributed by atoms with Gasteiger partial charge in [-0.3, -0.25) is 4.99 Å². The van der Waals surface area contributed by atoms with Crippen LogP contribution in [0.25, 0.3) is 0 Å². The van der Waals surface area contributed by atoms with Crippen LogP contribution in [0, 0.1) is 0 Å². The molecule has 1 aromatic carbocycles.